The van der Waals surface area contributed by atoms with Crippen LogP contribution in [0, 0.1) is 6.92 Å². The smallest absolute Gasteiger partial charge is 0.267 e. The average Bonchev–Trinajstić information content (AvgIpc) is 2.18. The van der Waals surface area contributed by atoms with Gasteiger partial charge in [-0.15, -0.1) is 0 Å². The quantitative estimate of drug-likeness (QED) is 0.823. The summed E-state index contributed by atoms with van der Waals surface area (Å²) in [5.74, 6) is 0. The number of aromatic nitrogens is 2. The highest BCUT2D eigenvalue weighted by molar-refractivity contribution is 9.10. The van der Waals surface area contributed by atoms with Crippen LogP contribution in [0.25, 0.3) is 0 Å². The molecule has 0 atom stereocenters. The van der Waals surface area contributed by atoms with Crippen molar-refractivity contribution in [1.82, 2.24) is 9.55 Å². The maximum atomic E-state index is 11.6. The van der Waals surface area contributed by atoms with Crippen LogP contribution in [-0.2, 0) is 6.54 Å². The molecule has 0 saturated carbocycles. The molecule has 14 heavy (non-hydrogen) atoms. The maximum absolute atomic E-state index is 11.6. The van der Waals surface area contributed by atoms with E-state index in [9.17, 15) is 4.79 Å². The van der Waals surface area contributed by atoms with Crippen LogP contribution in [0.15, 0.2) is 15.6 Å². The molecular formula is C9H14BrN3O. The zero-order chi connectivity index (χ0) is 10.6. The van der Waals surface area contributed by atoms with Crippen molar-refractivity contribution >= 4 is 15.9 Å². The van der Waals surface area contributed by atoms with Crippen LogP contribution in [0.5, 0.6) is 0 Å². The molecule has 0 aliphatic carbocycles. The Bertz CT molecular complexity index is 362. The van der Waals surface area contributed by atoms with Gasteiger partial charge in [0.2, 0.25) is 0 Å². The number of halogens is 1. The van der Waals surface area contributed by atoms with E-state index in [4.69, 9.17) is 5.73 Å². The Morgan fingerprint density at radius 2 is 2.29 bits per heavy atom. The fourth-order valence-electron chi connectivity index (χ4n) is 1.13. The molecular weight excluding hydrogens is 246 g/mol. The number of hydrogen-bond donors (Lipinski definition) is 1. The number of unbranched alkanes of at least 4 members (excludes halogenated alkanes) is 1. The summed E-state index contributed by atoms with van der Waals surface area (Å²) < 4.78 is 2.15. The molecule has 0 radical (unpaired) electrons. The summed E-state index contributed by atoms with van der Waals surface area (Å²) in [6, 6.07) is 0. The van der Waals surface area contributed by atoms with Gasteiger partial charge in [-0.3, -0.25) is 9.36 Å². The highest BCUT2D eigenvalue weighted by Crippen LogP contribution is 2.06. The Hall–Kier alpha value is -0.680. The summed E-state index contributed by atoms with van der Waals surface area (Å²) in [6.07, 6.45) is 3.42. The molecule has 78 valence electrons. The third-order valence-corrected chi connectivity index (χ3v) is 2.92. The Kier molecular flexibility index (Phi) is 4.28. The van der Waals surface area contributed by atoms with Crippen molar-refractivity contribution < 1.29 is 0 Å². The monoisotopic (exact) mass is 259 g/mol. The third-order valence-electron chi connectivity index (χ3n) is 2.01. The summed E-state index contributed by atoms with van der Waals surface area (Å²) in [6.45, 7) is 3.15. The van der Waals surface area contributed by atoms with Crippen molar-refractivity contribution in [2.45, 2.75) is 26.3 Å². The molecule has 4 nitrogen and oxygen atoms in total. The first kappa shape index (κ1) is 11.4. The van der Waals surface area contributed by atoms with E-state index in [1.807, 2.05) is 0 Å². The van der Waals surface area contributed by atoms with Crippen LogP contribution in [0.4, 0.5) is 0 Å². The Labute approximate surface area is 91.3 Å². The Morgan fingerprint density at radius 1 is 1.57 bits per heavy atom. The molecule has 0 aromatic carbocycles. The van der Waals surface area contributed by atoms with Crippen LogP contribution in [0.3, 0.4) is 0 Å². The van der Waals surface area contributed by atoms with Crippen LogP contribution < -0.4 is 11.3 Å². The van der Waals surface area contributed by atoms with E-state index in [2.05, 4.69) is 20.9 Å². The minimum absolute atomic E-state index is 0.0190. The fourth-order valence-corrected chi connectivity index (χ4v) is 1.46. The predicted octanol–water partition coefficient (Wildman–Crippen LogP) is 1.05. The molecule has 0 amide bonds. The van der Waals surface area contributed by atoms with E-state index in [1.165, 1.54) is 0 Å². The first-order chi connectivity index (χ1) is 6.66. The van der Waals surface area contributed by atoms with Crippen molar-refractivity contribution in [3.63, 3.8) is 0 Å². The van der Waals surface area contributed by atoms with Gasteiger partial charge in [-0.1, -0.05) is 0 Å². The van der Waals surface area contributed by atoms with E-state index in [0.29, 0.717) is 17.6 Å². The zero-order valence-corrected chi connectivity index (χ0v) is 9.75. The minimum Gasteiger partial charge on any atom is -0.330 e. The molecule has 0 bridgehead atoms. The fraction of sp³-hybridized carbons (Fsp3) is 0.556. The molecule has 0 saturated heterocycles. The predicted molar refractivity (Wildman–Crippen MR) is 59.2 cm³/mol. The number of hydrogen-bond acceptors (Lipinski definition) is 3. The normalized spacial score (nSPS) is 10.5. The molecule has 1 heterocycles. The lowest BCUT2D eigenvalue weighted by molar-refractivity contribution is 0.586. The SMILES string of the molecule is Cc1ncn(CCCCN)c(=O)c1Br. The summed E-state index contributed by atoms with van der Waals surface area (Å²) in [5, 5.41) is 0. The largest absolute Gasteiger partial charge is 0.330 e. The van der Waals surface area contributed by atoms with Gasteiger partial charge in [-0.2, -0.15) is 0 Å². The van der Waals surface area contributed by atoms with Crippen LogP contribution in [0.1, 0.15) is 18.5 Å². The highest BCUT2D eigenvalue weighted by atomic mass is 79.9. The topological polar surface area (TPSA) is 60.9 Å². The van der Waals surface area contributed by atoms with Gasteiger partial charge in [0.25, 0.3) is 5.56 Å². The lowest BCUT2D eigenvalue weighted by atomic mass is 10.3. The molecule has 1 aromatic rings. The second-order valence-corrected chi connectivity index (χ2v) is 3.93. The number of nitrogens with zero attached hydrogens (tertiary/aromatic N) is 2. The summed E-state index contributed by atoms with van der Waals surface area (Å²) in [7, 11) is 0. The van der Waals surface area contributed by atoms with Gasteiger partial charge < -0.3 is 5.73 Å². The van der Waals surface area contributed by atoms with Gasteiger partial charge in [0, 0.05) is 6.54 Å². The molecule has 0 aliphatic heterocycles. The zero-order valence-electron chi connectivity index (χ0n) is 8.16. The van der Waals surface area contributed by atoms with E-state index >= 15 is 0 Å². The van der Waals surface area contributed by atoms with E-state index in [1.54, 1.807) is 17.8 Å². The van der Waals surface area contributed by atoms with Gasteiger partial charge in [-0.05, 0) is 42.2 Å². The molecule has 0 fully saturated rings. The summed E-state index contributed by atoms with van der Waals surface area (Å²) in [5.41, 5.74) is 6.08. The maximum Gasteiger partial charge on any atom is 0.267 e. The second kappa shape index (κ2) is 5.26. The van der Waals surface area contributed by atoms with Gasteiger partial charge in [0.15, 0.2) is 0 Å². The van der Waals surface area contributed by atoms with Gasteiger partial charge in [-0.25, -0.2) is 4.98 Å². The van der Waals surface area contributed by atoms with E-state index < -0.39 is 0 Å². The van der Waals surface area contributed by atoms with Crippen LogP contribution in [0.2, 0.25) is 0 Å². The minimum atomic E-state index is -0.0190. The average molecular weight is 260 g/mol. The molecule has 5 heteroatoms. The van der Waals surface area contributed by atoms with Crippen molar-refractivity contribution in [1.29, 1.82) is 0 Å². The third kappa shape index (κ3) is 2.65. The lowest BCUT2D eigenvalue weighted by Gasteiger charge is -2.05. The van der Waals surface area contributed by atoms with Crippen molar-refractivity contribution in [3.05, 3.63) is 26.8 Å². The summed E-state index contributed by atoms with van der Waals surface area (Å²) in [4.78, 5) is 15.7. The van der Waals surface area contributed by atoms with E-state index in [0.717, 1.165) is 18.5 Å². The molecule has 0 unspecified atom stereocenters. The molecule has 2 N–H and O–H groups in total. The lowest BCUT2D eigenvalue weighted by Crippen LogP contribution is -2.22. The van der Waals surface area contributed by atoms with Gasteiger partial charge in [0.05, 0.1) is 12.0 Å². The molecule has 0 spiro atoms. The Balaban J connectivity index is 2.79. The van der Waals surface area contributed by atoms with Crippen molar-refractivity contribution in [2.24, 2.45) is 5.73 Å². The van der Waals surface area contributed by atoms with Crippen LogP contribution in [-0.4, -0.2) is 16.1 Å². The second-order valence-electron chi connectivity index (χ2n) is 3.14. The number of aryl methyl sites for hydroxylation is 2. The van der Waals surface area contributed by atoms with Gasteiger partial charge in [0.1, 0.15) is 4.47 Å². The first-order valence-electron chi connectivity index (χ1n) is 4.58. The molecule has 1 aromatic heterocycles. The Morgan fingerprint density at radius 3 is 2.93 bits per heavy atom. The molecule has 0 aliphatic rings. The summed E-state index contributed by atoms with van der Waals surface area (Å²) >= 11 is 3.22. The molecule has 1 rings (SSSR count). The van der Waals surface area contributed by atoms with Crippen molar-refractivity contribution in [2.75, 3.05) is 6.54 Å². The standard InChI is InChI=1S/C9H14BrN3O/c1-7-8(10)9(14)13(6-12-7)5-3-2-4-11/h6H,2-5,11H2,1H3. The first-order valence-corrected chi connectivity index (χ1v) is 5.37. The van der Waals surface area contributed by atoms with Crippen molar-refractivity contribution in [3.8, 4) is 0 Å². The number of nitrogens with two attached hydrogens (primary N) is 1. The van der Waals surface area contributed by atoms with Gasteiger partial charge >= 0.3 is 0 Å². The van der Waals surface area contributed by atoms with E-state index in [-0.39, 0.29) is 5.56 Å². The number of rotatable bonds is 4. The highest BCUT2D eigenvalue weighted by Gasteiger charge is 2.04. The van der Waals surface area contributed by atoms with Crippen LogP contribution >= 0.6 is 15.9 Å².